The number of amidine groups is 1. The zero-order chi connectivity index (χ0) is 12.9. The molecule has 0 unspecified atom stereocenters. The Labute approximate surface area is 109 Å². The fraction of sp³-hybridized carbons (Fsp3) is 0.364. The molecule has 2 aliphatic rings. The van der Waals surface area contributed by atoms with Crippen molar-refractivity contribution >= 4 is 32.5 Å². The Morgan fingerprint density at radius 1 is 1.28 bits per heavy atom. The van der Waals surface area contributed by atoms with Crippen LogP contribution in [-0.4, -0.2) is 36.4 Å². The average Bonchev–Trinajstić information content (AvgIpc) is 2.70. The summed E-state index contributed by atoms with van der Waals surface area (Å²) in [5.41, 5.74) is 0.679. The minimum absolute atomic E-state index is 0.0738. The predicted octanol–water partition coefficient (Wildman–Crippen LogP) is 1.48. The van der Waals surface area contributed by atoms with Crippen LogP contribution in [0.15, 0.2) is 24.3 Å². The second kappa shape index (κ2) is 3.96. The fourth-order valence-corrected chi connectivity index (χ4v) is 6.20. The lowest BCUT2D eigenvalue weighted by atomic mass is 10.2. The van der Waals surface area contributed by atoms with Gasteiger partial charge in [-0.05, 0) is 24.3 Å². The van der Waals surface area contributed by atoms with Gasteiger partial charge in [-0.15, -0.1) is 0 Å². The maximum atomic E-state index is 12.9. The van der Waals surface area contributed by atoms with E-state index in [1.807, 2.05) is 0 Å². The second-order valence-electron chi connectivity index (χ2n) is 4.45. The molecule has 0 bridgehead atoms. The highest BCUT2D eigenvalue weighted by Gasteiger charge is 2.48. The summed E-state index contributed by atoms with van der Waals surface area (Å²) in [5, 5.41) is 8.19. The molecule has 0 radical (unpaired) electrons. The quantitative estimate of drug-likeness (QED) is 0.849. The number of rotatable bonds is 1. The molecular weight excluding hydrogens is 275 g/mol. The molecule has 0 spiro atoms. The lowest BCUT2D eigenvalue weighted by molar-refractivity contribution is 0.601. The van der Waals surface area contributed by atoms with E-state index in [0.717, 1.165) is 0 Å². The average molecular weight is 286 g/mol. The third kappa shape index (κ3) is 1.91. The molecule has 7 heteroatoms. The van der Waals surface area contributed by atoms with Gasteiger partial charge < -0.3 is 4.90 Å². The van der Waals surface area contributed by atoms with Crippen LogP contribution < -0.4 is 4.90 Å². The van der Waals surface area contributed by atoms with Crippen LogP contribution in [0.3, 0.4) is 0 Å². The van der Waals surface area contributed by atoms with E-state index in [4.69, 9.17) is 5.41 Å². The summed E-state index contributed by atoms with van der Waals surface area (Å²) < 4.78 is 36.1. The van der Waals surface area contributed by atoms with Crippen molar-refractivity contribution < 1.29 is 12.8 Å². The summed E-state index contributed by atoms with van der Waals surface area (Å²) >= 11 is 1.28. The highest BCUT2D eigenvalue weighted by molar-refractivity contribution is 8.15. The van der Waals surface area contributed by atoms with E-state index < -0.39 is 9.84 Å². The number of hydrogen-bond acceptors (Lipinski definition) is 4. The molecule has 18 heavy (non-hydrogen) atoms. The zero-order valence-electron chi connectivity index (χ0n) is 9.34. The van der Waals surface area contributed by atoms with Crippen LogP contribution in [0.25, 0.3) is 0 Å². The number of halogens is 1. The number of nitrogens with zero attached hydrogens (tertiary/aromatic N) is 1. The lowest BCUT2D eigenvalue weighted by Crippen LogP contribution is -2.37. The van der Waals surface area contributed by atoms with E-state index in [1.165, 1.54) is 23.9 Å². The molecule has 1 aromatic rings. The first-order valence-electron chi connectivity index (χ1n) is 5.47. The molecule has 2 saturated heterocycles. The molecule has 1 aromatic carbocycles. The van der Waals surface area contributed by atoms with E-state index >= 15 is 0 Å². The molecule has 2 aliphatic heterocycles. The van der Waals surface area contributed by atoms with E-state index in [1.54, 1.807) is 17.0 Å². The first-order chi connectivity index (χ1) is 8.46. The maximum Gasteiger partial charge on any atom is 0.161 e. The summed E-state index contributed by atoms with van der Waals surface area (Å²) in [7, 11) is -3.01. The van der Waals surface area contributed by atoms with Crippen molar-refractivity contribution in [1.29, 1.82) is 5.41 Å². The highest BCUT2D eigenvalue weighted by atomic mass is 32.2. The van der Waals surface area contributed by atoms with Gasteiger partial charge in [-0.1, -0.05) is 11.8 Å². The summed E-state index contributed by atoms with van der Waals surface area (Å²) in [6.45, 7) is 0. The van der Waals surface area contributed by atoms with Gasteiger partial charge in [-0.25, -0.2) is 12.8 Å². The van der Waals surface area contributed by atoms with Crippen LogP contribution in [0.1, 0.15) is 0 Å². The van der Waals surface area contributed by atoms with Gasteiger partial charge in [-0.2, -0.15) is 0 Å². The lowest BCUT2D eigenvalue weighted by Gasteiger charge is -2.23. The van der Waals surface area contributed by atoms with E-state index in [2.05, 4.69) is 0 Å². The molecule has 0 aliphatic carbocycles. The molecule has 2 atom stereocenters. The Kier molecular flexibility index (Phi) is 2.63. The third-order valence-electron chi connectivity index (χ3n) is 3.19. The van der Waals surface area contributed by atoms with Gasteiger partial charge >= 0.3 is 0 Å². The minimum Gasteiger partial charge on any atom is -0.316 e. The number of anilines is 1. The number of hydrogen-bond donors (Lipinski definition) is 1. The third-order valence-corrected chi connectivity index (χ3v) is 6.32. The van der Waals surface area contributed by atoms with Crippen molar-refractivity contribution in [3.8, 4) is 0 Å². The first kappa shape index (κ1) is 12.0. The van der Waals surface area contributed by atoms with Gasteiger partial charge in [0.25, 0.3) is 0 Å². The SMILES string of the molecule is N=C1S[C@H]2CS(=O)(=O)C[C@H]2N1c1ccc(F)cc1. The van der Waals surface area contributed by atoms with Crippen molar-refractivity contribution in [3.05, 3.63) is 30.1 Å². The largest absolute Gasteiger partial charge is 0.316 e. The number of benzene rings is 1. The van der Waals surface area contributed by atoms with Crippen molar-refractivity contribution in [1.82, 2.24) is 0 Å². The van der Waals surface area contributed by atoms with Crippen molar-refractivity contribution in [3.63, 3.8) is 0 Å². The Morgan fingerprint density at radius 2 is 1.94 bits per heavy atom. The van der Waals surface area contributed by atoms with Crippen molar-refractivity contribution in [2.24, 2.45) is 0 Å². The Balaban J connectivity index is 1.96. The molecule has 2 fully saturated rings. The van der Waals surface area contributed by atoms with Crippen molar-refractivity contribution in [2.75, 3.05) is 16.4 Å². The molecule has 1 N–H and O–H groups in total. The molecule has 2 heterocycles. The van der Waals surface area contributed by atoms with E-state index in [0.29, 0.717) is 10.9 Å². The van der Waals surface area contributed by atoms with Crippen LogP contribution >= 0.6 is 11.8 Å². The Morgan fingerprint density at radius 3 is 2.61 bits per heavy atom. The molecular formula is C11H11FN2O2S2. The Bertz CT molecular complexity index is 600. The second-order valence-corrected chi connectivity index (χ2v) is 7.83. The smallest absolute Gasteiger partial charge is 0.161 e. The summed E-state index contributed by atoms with van der Waals surface area (Å²) in [6.07, 6.45) is 0. The number of sulfone groups is 1. The minimum atomic E-state index is -3.01. The molecule has 96 valence electrons. The normalized spacial score (nSPS) is 29.6. The van der Waals surface area contributed by atoms with Gasteiger partial charge in [0.15, 0.2) is 15.0 Å². The van der Waals surface area contributed by atoms with E-state index in [-0.39, 0.29) is 28.6 Å². The molecule has 0 saturated carbocycles. The van der Waals surface area contributed by atoms with Crippen molar-refractivity contribution in [2.45, 2.75) is 11.3 Å². The molecule has 0 aromatic heterocycles. The van der Waals surface area contributed by atoms with Crippen LogP contribution in [0.4, 0.5) is 10.1 Å². The van der Waals surface area contributed by atoms with Crippen LogP contribution in [0.5, 0.6) is 0 Å². The summed E-state index contributed by atoms with van der Waals surface area (Å²) in [6, 6.07) is 5.61. The number of thioether (sulfide) groups is 1. The number of nitrogens with one attached hydrogen (secondary N) is 1. The van der Waals surface area contributed by atoms with Crippen LogP contribution in [0, 0.1) is 11.2 Å². The van der Waals surface area contributed by atoms with E-state index in [9.17, 15) is 12.8 Å². The van der Waals surface area contributed by atoms with Crippen LogP contribution in [-0.2, 0) is 9.84 Å². The van der Waals surface area contributed by atoms with Gasteiger partial charge in [0.05, 0.1) is 17.5 Å². The Hall–Kier alpha value is -1.08. The monoisotopic (exact) mass is 286 g/mol. The summed E-state index contributed by atoms with van der Waals surface area (Å²) in [4.78, 5) is 1.69. The number of fused-ring (bicyclic) bond motifs is 1. The topological polar surface area (TPSA) is 61.2 Å². The molecule has 4 nitrogen and oxygen atoms in total. The highest BCUT2D eigenvalue weighted by Crippen LogP contribution is 2.40. The molecule has 3 rings (SSSR count). The summed E-state index contributed by atoms with van der Waals surface area (Å²) in [5.74, 6) is -0.139. The predicted molar refractivity (Wildman–Crippen MR) is 70.4 cm³/mol. The van der Waals surface area contributed by atoms with Gasteiger partial charge in [-0.3, -0.25) is 5.41 Å². The maximum absolute atomic E-state index is 12.9. The van der Waals surface area contributed by atoms with Gasteiger partial charge in [0.2, 0.25) is 0 Å². The molecule has 0 amide bonds. The fourth-order valence-electron chi connectivity index (χ4n) is 2.41. The van der Waals surface area contributed by atoms with Crippen LogP contribution in [0.2, 0.25) is 0 Å². The van der Waals surface area contributed by atoms with Gasteiger partial charge in [0.1, 0.15) is 5.82 Å². The first-order valence-corrected chi connectivity index (χ1v) is 8.17. The van der Waals surface area contributed by atoms with Gasteiger partial charge in [0, 0.05) is 10.9 Å². The zero-order valence-corrected chi connectivity index (χ0v) is 11.0. The standard InChI is InChI=1S/C11H11FN2O2S2/c12-7-1-3-8(4-2-7)14-9-5-18(15,16)6-10(9)17-11(14)13/h1-4,9-10,13H,5-6H2/t9-,10+/m1/s1.